The summed E-state index contributed by atoms with van der Waals surface area (Å²) in [7, 11) is 0. The number of nitrogens with one attached hydrogen (secondary N) is 1. The maximum Gasteiger partial charge on any atom is 0.252 e. The van der Waals surface area contributed by atoms with E-state index < -0.39 is 0 Å². The first kappa shape index (κ1) is 15.1. The zero-order chi connectivity index (χ0) is 16.7. The number of hydrogen-bond acceptors (Lipinski definition) is 3. The van der Waals surface area contributed by atoms with Crippen LogP contribution in [0.4, 0.5) is 5.00 Å². The number of carbonyl (C=O) groups is 1. The lowest BCUT2D eigenvalue weighted by molar-refractivity contribution is 0.1000. The number of fused-ring (bicyclic) bond motifs is 2. The van der Waals surface area contributed by atoms with Crippen molar-refractivity contribution in [2.24, 2.45) is 16.6 Å². The molecule has 122 valence electrons. The van der Waals surface area contributed by atoms with Crippen molar-refractivity contribution in [1.82, 2.24) is 4.98 Å². The van der Waals surface area contributed by atoms with E-state index in [1.807, 2.05) is 30.6 Å². The van der Waals surface area contributed by atoms with Gasteiger partial charge in [-0.3, -0.25) is 4.79 Å². The smallest absolute Gasteiger partial charge is 0.252 e. The van der Waals surface area contributed by atoms with E-state index in [1.54, 1.807) is 11.3 Å². The average molecular weight is 337 g/mol. The molecule has 4 nitrogen and oxygen atoms in total. The normalized spacial score (nSPS) is 17.5. The van der Waals surface area contributed by atoms with Crippen LogP contribution in [-0.4, -0.2) is 17.1 Å². The SMILES string of the molecule is C[C@@H]1CCc2c(sc(N=Cc3c[nH]c4ccccc34)c2C(N)=O)C1. The fraction of sp³-hybridized carbons (Fsp3) is 0.263. The topological polar surface area (TPSA) is 71.2 Å². The van der Waals surface area contributed by atoms with Crippen LogP contribution in [0.3, 0.4) is 0 Å². The Hall–Kier alpha value is -2.40. The zero-order valence-corrected chi connectivity index (χ0v) is 14.3. The fourth-order valence-electron chi connectivity index (χ4n) is 3.41. The molecule has 1 aliphatic rings. The van der Waals surface area contributed by atoms with Crippen molar-refractivity contribution in [3.05, 3.63) is 52.0 Å². The number of primary amides is 1. The summed E-state index contributed by atoms with van der Waals surface area (Å²) in [5.74, 6) is 0.287. The monoisotopic (exact) mass is 337 g/mol. The van der Waals surface area contributed by atoms with E-state index in [4.69, 9.17) is 5.73 Å². The standard InChI is InChI=1S/C19H19N3OS/c1-11-6-7-14-16(8-11)24-19(17(14)18(20)23)22-10-12-9-21-15-5-3-2-4-13(12)15/h2-5,9-11,21H,6-8H2,1H3,(H2,20,23)/t11-/m1/s1. The van der Waals surface area contributed by atoms with E-state index >= 15 is 0 Å². The van der Waals surface area contributed by atoms with E-state index in [9.17, 15) is 4.79 Å². The summed E-state index contributed by atoms with van der Waals surface area (Å²) in [5.41, 5.74) is 9.48. The number of benzene rings is 1. The molecule has 0 radical (unpaired) electrons. The maximum atomic E-state index is 12.0. The number of aliphatic imine (C=N–C) groups is 1. The minimum Gasteiger partial charge on any atom is -0.365 e. The Labute approximate surface area is 144 Å². The van der Waals surface area contributed by atoms with Gasteiger partial charge in [0.1, 0.15) is 5.00 Å². The summed E-state index contributed by atoms with van der Waals surface area (Å²) >= 11 is 1.61. The van der Waals surface area contributed by atoms with Gasteiger partial charge < -0.3 is 10.7 Å². The molecule has 1 aromatic carbocycles. The second-order valence-electron chi connectivity index (χ2n) is 6.44. The first-order valence-electron chi connectivity index (χ1n) is 8.18. The summed E-state index contributed by atoms with van der Waals surface area (Å²) in [6.45, 7) is 2.25. The van der Waals surface area contributed by atoms with Gasteiger partial charge in [0, 0.05) is 33.8 Å². The minimum absolute atomic E-state index is 0.367. The predicted octanol–water partition coefficient (Wildman–Crippen LogP) is 4.20. The van der Waals surface area contributed by atoms with Gasteiger partial charge in [-0.1, -0.05) is 25.1 Å². The third-order valence-electron chi connectivity index (χ3n) is 4.68. The van der Waals surface area contributed by atoms with Crippen molar-refractivity contribution in [2.75, 3.05) is 0 Å². The Kier molecular flexibility index (Phi) is 3.73. The number of nitrogens with two attached hydrogens (primary N) is 1. The lowest BCUT2D eigenvalue weighted by atomic mass is 9.88. The van der Waals surface area contributed by atoms with Crippen molar-refractivity contribution in [3.63, 3.8) is 0 Å². The predicted molar refractivity (Wildman–Crippen MR) is 99.6 cm³/mol. The molecule has 3 N–H and O–H groups in total. The molecule has 4 rings (SSSR count). The largest absolute Gasteiger partial charge is 0.365 e. The molecule has 1 atom stereocenters. The summed E-state index contributed by atoms with van der Waals surface area (Å²) < 4.78 is 0. The van der Waals surface area contributed by atoms with Crippen molar-refractivity contribution < 1.29 is 4.79 Å². The number of nitrogens with zero attached hydrogens (tertiary/aromatic N) is 1. The van der Waals surface area contributed by atoms with E-state index in [0.29, 0.717) is 11.5 Å². The molecule has 0 saturated heterocycles. The molecular formula is C19H19N3OS. The van der Waals surface area contributed by atoms with E-state index in [2.05, 4.69) is 23.0 Å². The van der Waals surface area contributed by atoms with Gasteiger partial charge in [0.2, 0.25) is 0 Å². The summed E-state index contributed by atoms with van der Waals surface area (Å²) in [4.78, 5) is 21.1. The summed E-state index contributed by atoms with van der Waals surface area (Å²) in [6, 6.07) is 8.10. The maximum absolute atomic E-state index is 12.0. The third-order valence-corrected chi connectivity index (χ3v) is 5.84. The fourth-order valence-corrected chi connectivity index (χ4v) is 4.77. The number of aromatic amines is 1. The van der Waals surface area contributed by atoms with Gasteiger partial charge in [0.25, 0.3) is 5.91 Å². The van der Waals surface area contributed by atoms with Gasteiger partial charge in [0.15, 0.2) is 0 Å². The molecule has 0 spiro atoms. The van der Waals surface area contributed by atoms with Crippen LogP contribution in [0, 0.1) is 5.92 Å². The van der Waals surface area contributed by atoms with Crippen LogP contribution < -0.4 is 5.73 Å². The molecule has 0 fully saturated rings. The van der Waals surface area contributed by atoms with Crippen LogP contribution in [0.1, 0.15) is 39.7 Å². The Bertz CT molecular complexity index is 951. The first-order chi connectivity index (χ1) is 11.6. The number of rotatable bonds is 3. The van der Waals surface area contributed by atoms with Gasteiger partial charge in [-0.25, -0.2) is 4.99 Å². The van der Waals surface area contributed by atoms with E-state index in [1.165, 1.54) is 4.88 Å². The molecule has 2 heterocycles. The van der Waals surface area contributed by atoms with E-state index in [0.717, 1.165) is 46.3 Å². The lowest BCUT2D eigenvalue weighted by Crippen LogP contribution is -2.16. The Balaban J connectivity index is 1.75. The minimum atomic E-state index is -0.367. The molecular weight excluding hydrogens is 318 g/mol. The van der Waals surface area contributed by atoms with Crippen LogP contribution in [0.25, 0.3) is 10.9 Å². The average Bonchev–Trinajstić information content (AvgIpc) is 3.13. The van der Waals surface area contributed by atoms with Gasteiger partial charge in [-0.2, -0.15) is 0 Å². The molecule has 0 unspecified atom stereocenters. The number of carbonyl (C=O) groups excluding carboxylic acids is 1. The van der Waals surface area contributed by atoms with Gasteiger partial charge in [-0.05, 0) is 36.8 Å². The number of thiophene rings is 1. The quantitative estimate of drug-likeness (QED) is 0.691. The second kappa shape index (κ2) is 5.91. The molecule has 1 amide bonds. The van der Waals surface area contributed by atoms with Crippen LogP contribution in [0.2, 0.25) is 0 Å². The molecule has 24 heavy (non-hydrogen) atoms. The molecule has 1 aliphatic carbocycles. The summed E-state index contributed by atoms with van der Waals surface area (Å²) in [6.07, 6.45) is 6.81. The number of para-hydroxylation sites is 1. The van der Waals surface area contributed by atoms with Gasteiger partial charge in [-0.15, -0.1) is 11.3 Å². The molecule has 0 bridgehead atoms. The third kappa shape index (κ3) is 2.55. The number of aromatic nitrogens is 1. The summed E-state index contributed by atoms with van der Waals surface area (Å²) in [5, 5.41) is 1.86. The van der Waals surface area contributed by atoms with Gasteiger partial charge in [0.05, 0.1) is 5.56 Å². The molecule has 0 aliphatic heterocycles. The molecule has 5 heteroatoms. The number of H-pyrrole nitrogens is 1. The van der Waals surface area contributed by atoms with Crippen LogP contribution in [0.15, 0.2) is 35.5 Å². The molecule has 3 aromatic rings. The van der Waals surface area contributed by atoms with Crippen LogP contribution >= 0.6 is 11.3 Å². The lowest BCUT2D eigenvalue weighted by Gasteiger charge is -2.18. The van der Waals surface area contributed by atoms with Crippen molar-refractivity contribution in [2.45, 2.75) is 26.2 Å². The van der Waals surface area contributed by atoms with Gasteiger partial charge >= 0.3 is 0 Å². The number of amides is 1. The highest BCUT2D eigenvalue weighted by Crippen LogP contribution is 2.41. The highest BCUT2D eigenvalue weighted by atomic mass is 32.1. The van der Waals surface area contributed by atoms with Crippen molar-refractivity contribution in [1.29, 1.82) is 0 Å². The Morgan fingerprint density at radius 2 is 2.25 bits per heavy atom. The highest BCUT2D eigenvalue weighted by Gasteiger charge is 2.26. The molecule has 0 saturated carbocycles. The van der Waals surface area contributed by atoms with E-state index in [-0.39, 0.29) is 5.91 Å². The zero-order valence-electron chi connectivity index (χ0n) is 13.5. The van der Waals surface area contributed by atoms with Crippen LogP contribution in [0.5, 0.6) is 0 Å². The van der Waals surface area contributed by atoms with Crippen molar-refractivity contribution in [3.8, 4) is 0 Å². The van der Waals surface area contributed by atoms with Crippen molar-refractivity contribution >= 4 is 39.4 Å². The van der Waals surface area contributed by atoms with Crippen LogP contribution in [-0.2, 0) is 12.8 Å². The first-order valence-corrected chi connectivity index (χ1v) is 8.99. The molecule has 2 aromatic heterocycles. The second-order valence-corrected chi connectivity index (χ2v) is 7.53. The Morgan fingerprint density at radius 1 is 1.42 bits per heavy atom. The number of hydrogen-bond donors (Lipinski definition) is 2. The Morgan fingerprint density at radius 3 is 3.08 bits per heavy atom. The highest BCUT2D eigenvalue weighted by molar-refractivity contribution is 7.16.